The maximum atomic E-state index is 4.10. The van der Waals surface area contributed by atoms with Gasteiger partial charge in [-0.25, -0.2) is 0 Å². The number of hydrogen-bond donors (Lipinski definition) is 0. The molecule has 2 rings (SSSR count). The predicted octanol–water partition coefficient (Wildman–Crippen LogP) is 0.222. The van der Waals surface area contributed by atoms with Gasteiger partial charge in [-0.2, -0.15) is 0 Å². The number of rotatable bonds is 4. The molecule has 29 heavy (non-hydrogen) atoms. The summed E-state index contributed by atoms with van der Waals surface area (Å²) >= 11 is 8.20. The molecule has 0 saturated carbocycles. The van der Waals surface area contributed by atoms with Crippen molar-refractivity contribution in [1.29, 1.82) is 0 Å². The third-order valence-electron chi connectivity index (χ3n) is 2.64. The van der Waals surface area contributed by atoms with Gasteiger partial charge in [0.1, 0.15) is 0 Å². The molecule has 2 aromatic rings. The molecule has 0 aliphatic rings. The van der Waals surface area contributed by atoms with Gasteiger partial charge >= 0.3 is 16.8 Å². The molecular formula is C16H22CoN10S2+3. The number of thiol groups is 2. The van der Waals surface area contributed by atoms with Crippen molar-refractivity contribution in [3.63, 3.8) is 0 Å². The smallest absolute Gasteiger partial charge is 0.515 e. The average molecular weight is 477 g/mol. The minimum atomic E-state index is 0. The van der Waals surface area contributed by atoms with Crippen molar-refractivity contribution in [1.82, 2.24) is 29.7 Å². The van der Waals surface area contributed by atoms with E-state index in [2.05, 4.69) is 65.4 Å². The maximum Gasteiger partial charge on any atom is 3.00 e. The second-order valence-corrected chi connectivity index (χ2v) is 6.14. The normalized spacial score (nSPS) is 10.4. The van der Waals surface area contributed by atoms with Crippen molar-refractivity contribution in [3.05, 3.63) is 59.4 Å². The minimum Gasteiger partial charge on any atom is -0.515 e. The van der Waals surface area contributed by atoms with Crippen LogP contribution >= 0.6 is 0 Å². The van der Waals surface area contributed by atoms with Crippen LogP contribution in [0.2, 0.25) is 0 Å². The molecule has 0 atom stereocenters. The van der Waals surface area contributed by atoms with Crippen molar-refractivity contribution >= 4 is 47.1 Å². The van der Waals surface area contributed by atoms with Gasteiger partial charge in [0.25, 0.3) is 0 Å². The largest absolute Gasteiger partial charge is 3.00 e. The maximum absolute atomic E-state index is 4.10. The Morgan fingerprint density at radius 1 is 0.793 bits per heavy atom. The molecule has 0 radical (unpaired) electrons. The molecule has 0 unspecified atom stereocenters. The van der Waals surface area contributed by atoms with E-state index in [4.69, 9.17) is 0 Å². The van der Waals surface area contributed by atoms with Gasteiger partial charge in [0, 0.05) is 37.2 Å². The monoisotopic (exact) mass is 477 g/mol. The van der Waals surface area contributed by atoms with Crippen LogP contribution in [0.4, 0.5) is 0 Å². The number of nitrogens with zero attached hydrogens (tertiary/aromatic N) is 10. The fourth-order valence-corrected chi connectivity index (χ4v) is 1.32. The standard InChI is InChI=1S/2C8H11N5S.Co/c2*1-13(2)8(14)12-11-6-7-5-9-3-4-10-7;/h2*3-6H,1-2H3,(H,10,12,14);/q;;+3. The molecule has 10 nitrogen and oxygen atoms in total. The molecule has 0 bridgehead atoms. The third kappa shape index (κ3) is 12.7. The summed E-state index contributed by atoms with van der Waals surface area (Å²) in [7, 11) is 7.35. The van der Waals surface area contributed by atoms with E-state index in [-0.39, 0.29) is 16.8 Å². The zero-order valence-electron chi connectivity index (χ0n) is 16.3. The van der Waals surface area contributed by atoms with E-state index in [9.17, 15) is 0 Å². The molecule has 154 valence electrons. The van der Waals surface area contributed by atoms with Crippen molar-refractivity contribution in [2.45, 2.75) is 0 Å². The molecule has 0 spiro atoms. The summed E-state index contributed by atoms with van der Waals surface area (Å²) in [5.74, 6) is 0. The molecule has 2 heterocycles. The Morgan fingerprint density at radius 3 is 1.45 bits per heavy atom. The summed E-state index contributed by atoms with van der Waals surface area (Å²) in [5.41, 5.74) is 8.98. The molecule has 13 heteroatoms. The van der Waals surface area contributed by atoms with Crippen LogP contribution in [0.5, 0.6) is 0 Å². The van der Waals surface area contributed by atoms with Gasteiger partial charge in [-0.1, -0.05) is 0 Å². The second kappa shape index (κ2) is 15.6. The Labute approximate surface area is 191 Å². The summed E-state index contributed by atoms with van der Waals surface area (Å²) < 4.78 is 0. The van der Waals surface area contributed by atoms with E-state index >= 15 is 0 Å². The molecule has 0 aromatic carbocycles. The molecule has 2 aromatic heterocycles. The topological polar surface area (TPSA) is 111 Å². The van der Waals surface area contributed by atoms with Crippen molar-refractivity contribution in [2.24, 2.45) is 10.2 Å². The number of hydrogen-bond acceptors (Lipinski definition) is 6. The summed E-state index contributed by atoms with van der Waals surface area (Å²) in [6, 6.07) is 0. The first kappa shape index (κ1) is 26.7. The van der Waals surface area contributed by atoms with Gasteiger partial charge in [-0.05, 0) is 28.2 Å². The zero-order chi connectivity index (χ0) is 20.8. The summed E-state index contributed by atoms with van der Waals surface area (Å²) in [5, 5.41) is 8.68. The van der Waals surface area contributed by atoms with E-state index in [1.807, 2.05) is 28.2 Å². The first-order valence-electron chi connectivity index (χ1n) is 7.86. The molecular weight excluding hydrogens is 455 g/mol. The van der Waals surface area contributed by atoms with Gasteiger partial charge in [-0.3, -0.25) is 29.7 Å². The van der Waals surface area contributed by atoms with Crippen LogP contribution in [0.15, 0.2) is 47.4 Å². The number of aromatic nitrogens is 4. The van der Waals surface area contributed by atoms with Crippen molar-refractivity contribution < 1.29 is 16.8 Å². The third-order valence-corrected chi connectivity index (χ3v) is 3.62. The molecule has 0 aliphatic carbocycles. The minimum absolute atomic E-state index is 0. The Morgan fingerprint density at radius 2 is 1.17 bits per heavy atom. The first-order valence-corrected chi connectivity index (χ1v) is 8.76. The van der Waals surface area contributed by atoms with Gasteiger partial charge in [0.15, 0.2) is 34.7 Å². The van der Waals surface area contributed by atoms with E-state index in [1.165, 1.54) is 12.4 Å². The SMILES string of the molecule is CN(C)C(=[SH+])[N-]N=Cc1cnccn1.CN(C)C(=[SH+])[N-]N=Cc1cnccn1.[Co+3]. The van der Waals surface area contributed by atoms with Crippen LogP contribution in [0.1, 0.15) is 11.4 Å². The average Bonchev–Trinajstić information content (AvgIpc) is 2.70. The van der Waals surface area contributed by atoms with Crippen LogP contribution in [0, 0.1) is 0 Å². The van der Waals surface area contributed by atoms with Gasteiger partial charge in [-0.15, -0.1) is 0 Å². The summed E-state index contributed by atoms with van der Waals surface area (Å²) in [4.78, 5) is 19.3. The molecule has 0 fully saturated rings. The van der Waals surface area contributed by atoms with Gasteiger partial charge < -0.3 is 21.1 Å². The van der Waals surface area contributed by atoms with Crippen molar-refractivity contribution in [3.8, 4) is 0 Å². The quantitative estimate of drug-likeness (QED) is 0.205. The summed E-state index contributed by atoms with van der Waals surface area (Å²) in [6.45, 7) is 0. The van der Waals surface area contributed by atoms with Crippen LogP contribution in [0.25, 0.3) is 10.9 Å². The van der Waals surface area contributed by atoms with Crippen LogP contribution in [0.3, 0.4) is 0 Å². The fourth-order valence-electron chi connectivity index (χ4n) is 1.21. The van der Waals surface area contributed by atoms with E-state index in [1.54, 1.807) is 47.0 Å². The van der Waals surface area contributed by atoms with Gasteiger partial charge in [0.05, 0.1) is 23.8 Å². The zero-order valence-corrected chi connectivity index (χ0v) is 19.1. The second-order valence-electron chi connectivity index (χ2n) is 5.34. The van der Waals surface area contributed by atoms with Crippen LogP contribution < -0.4 is 0 Å². The fraction of sp³-hybridized carbons (Fsp3) is 0.250. The van der Waals surface area contributed by atoms with E-state index < -0.39 is 0 Å². The van der Waals surface area contributed by atoms with E-state index in [0.717, 1.165) is 0 Å². The molecule has 0 saturated heterocycles. The Kier molecular flexibility index (Phi) is 14.4. The Balaban J connectivity index is 0.000000523. The Bertz CT molecular complexity index is 717. The van der Waals surface area contributed by atoms with Gasteiger partial charge in [0.2, 0.25) is 0 Å². The predicted molar refractivity (Wildman–Crippen MR) is 121 cm³/mol. The molecule has 0 N–H and O–H groups in total. The first-order chi connectivity index (χ1) is 13.4. The molecule has 0 aliphatic heterocycles. The Hall–Kier alpha value is -2.29. The van der Waals surface area contributed by atoms with Crippen molar-refractivity contribution in [2.75, 3.05) is 28.2 Å². The molecule has 0 amide bonds. The van der Waals surface area contributed by atoms with E-state index in [0.29, 0.717) is 21.6 Å². The summed E-state index contributed by atoms with van der Waals surface area (Å²) in [6.07, 6.45) is 12.6. The van der Waals surface area contributed by atoms with Crippen LogP contribution in [-0.4, -0.2) is 80.6 Å². The van der Waals surface area contributed by atoms with Crippen LogP contribution in [-0.2, 0) is 41.2 Å².